The molecule has 4 rings (SSSR count). The predicted octanol–water partition coefficient (Wildman–Crippen LogP) is 3.92. The van der Waals surface area contributed by atoms with Gasteiger partial charge in [-0.05, 0) is 55.5 Å². The van der Waals surface area contributed by atoms with Gasteiger partial charge in [0.15, 0.2) is 5.11 Å². The van der Waals surface area contributed by atoms with Crippen molar-refractivity contribution in [1.82, 2.24) is 14.9 Å². The smallest absolute Gasteiger partial charge is 0.174 e. The average Bonchev–Trinajstić information content (AvgIpc) is 3.26. The van der Waals surface area contributed by atoms with Crippen molar-refractivity contribution in [2.24, 2.45) is 7.05 Å². The lowest BCUT2D eigenvalue weighted by molar-refractivity contribution is 0.402. The fourth-order valence-electron chi connectivity index (χ4n) is 3.83. The zero-order chi connectivity index (χ0) is 20.5. The minimum atomic E-state index is -0.104. The molecule has 7 heteroatoms. The second kappa shape index (κ2) is 7.75. The van der Waals surface area contributed by atoms with Gasteiger partial charge in [0.05, 0.1) is 31.6 Å². The van der Waals surface area contributed by atoms with Crippen molar-refractivity contribution < 1.29 is 9.47 Å². The van der Waals surface area contributed by atoms with Crippen molar-refractivity contribution in [3.05, 3.63) is 71.8 Å². The summed E-state index contributed by atoms with van der Waals surface area (Å²) in [6.45, 7) is 2.09. The minimum Gasteiger partial charge on any atom is -0.497 e. The lowest BCUT2D eigenvalue weighted by atomic mass is 10.0. The monoisotopic (exact) mass is 408 g/mol. The van der Waals surface area contributed by atoms with Gasteiger partial charge in [0.25, 0.3) is 0 Å². The van der Waals surface area contributed by atoms with E-state index in [0.717, 1.165) is 28.6 Å². The molecule has 1 saturated heterocycles. The van der Waals surface area contributed by atoms with Gasteiger partial charge < -0.3 is 24.3 Å². The summed E-state index contributed by atoms with van der Waals surface area (Å²) in [5, 5.41) is 4.10. The lowest BCUT2D eigenvalue weighted by Crippen LogP contribution is -2.30. The number of benzene rings is 1. The van der Waals surface area contributed by atoms with E-state index in [4.69, 9.17) is 21.7 Å². The molecule has 29 heavy (non-hydrogen) atoms. The molecule has 1 aliphatic heterocycles. The Morgan fingerprint density at radius 3 is 2.52 bits per heavy atom. The number of methoxy groups -OCH3 is 2. The summed E-state index contributed by atoms with van der Waals surface area (Å²) in [7, 11) is 5.39. The first kappa shape index (κ1) is 19.3. The summed E-state index contributed by atoms with van der Waals surface area (Å²) in [5.41, 5.74) is 4.10. The summed E-state index contributed by atoms with van der Waals surface area (Å²) < 4.78 is 13.3. The molecule has 6 nitrogen and oxygen atoms in total. The van der Waals surface area contributed by atoms with Crippen LogP contribution in [-0.4, -0.2) is 28.9 Å². The standard InChI is InChI=1S/C22H24N4O2S/c1-14-8-10-17(25(14)2)21-20(16-7-5-6-12-23-16)24-22(29)26(21)18-13-15(27-3)9-11-19(18)28-4/h5-13,20-21H,1-4H3,(H,24,29)/t20-,21+/m1/s1. The molecule has 1 aromatic carbocycles. The number of hydrogen-bond donors (Lipinski definition) is 1. The predicted molar refractivity (Wildman–Crippen MR) is 118 cm³/mol. The molecule has 3 aromatic rings. The van der Waals surface area contributed by atoms with Crippen LogP contribution in [0.25, 0.3) is 0 Å². The van der Waals surface area contributed by atoms with Gasteiger partial charge in [-0.3, -0.25) is 4.98 Å². The van der Waals surface area contributed by atoms with E-state index in [1.54, 1.807) is 14.2 Å². The third-order valence-corrected chi connectivity index (χ3v) is 5.77. The number of pyridine rings is 1. The number of aromatic nitrogens is 2. The molecule has 150 valence electrons. The number of nitrogens with zero attached hydrogens (tertiary/aromatic N) is 3. The number of anilines is 1. The molecular weight excluding hydrogens is 384 g/mol. The molecule has 0 aliphatic carbocycles. The Bertz CT molecular complexity index is 1030. The highest BCUT2D eigenvalue weighted by Gasteiger charge is 2.43. The molecule has 2 atom stereocenters. The summed E-state index contributed by atoms with van der Waals surface area (Å²) in [6, 6.07) is 15.7. The van der Waals surface area contributed by atoms with Gasteiger partial charge in [-0.1, -0.05) is 6.07 Å². The topological polar surface area (TPSA) is 51.6 Å². The van der Waals surface area contributed by atoms with Crippen LogP contribution in [0.15, 0.2) is 54.7 Å². The van der Waals surface area contributed by atoms with E-state index >= 15 is 0 Å². The van der Waals surface area contributed by atoms with Crippen molar-refractivity contribution in [3.63, 3.8) is 0 Å². The van der Waals surface area contributed by atoms with Gasteiger partial charge in [-0.2, -0.15) is 0 Å². The number of ether oxygens (including phenoxy) is 2. The van der Waals surface area contributed by atoms with E-state index in [2.05, 4.69) is 45.9 Å². The molecular formula is C22H24N4O2S. The average molecular weight is 409 g/mol. The zero-order valence-corrected chi connectivity index (χ0v) is 17.7. The maximum absolute atomic E-state index is 5.80. The van der Waals surface area contributed by atoms with Crippen molar-refractivity contribution in [3.8, 4) is 11.5 Å². The SMILES string of the molecule is COc1ccc(OC)c(N2C(=S)N[C@H](c3ccccn3)[C@@H]2c2ccc(C)n2C)c1. The van der Waals surface area contributed by atoms with Crippen molar-refractivity contribution >= 4 is 23.0 Å². The fourth-order valence-corrected chi connectivity index (χ4v) is 4.17. The van der Waals surface area contributed by atoms with Crippen LogP contribution in [0, 0.1) is 6.92 Å². The normalized spacial score (nSPS) is 18.6. The van der Waals surface area contributed by atoms with Gasteiger partial charge in [0, 0.05) is 30.7 Å². The number of nitrogens with one attached hydrogen (secondary N) is 1. The summed E-state index contributed by atoms with van der Waals surface area (Å²) >= 11 is 5.80. The molecule has 0 amide bonds. The molecule has 0 spiro atoms. The van der Waals surface area contributed by atoms with E-state index in [-0.39, 0.29) is 12.1 Å². The largest absolute Gasteiger partial charge is 0.497 e. The van der Waals surface area contributed by atoms with Gasteiger partial charge >= 0.3 is 0 Å². The maximum Gasteiger partial charge on any atom is 0.174 e. The van der Waals surface area contributed by atoms with E-state index in [0.29, 0.717) is 5.11 Å². The molecule has 0 radical (unpaired) electrons. The van der Waals surface area contributed by atoms with Crippen LogP contribution in [0.4, 0.5) is 5.69 Å². The highest BCUT2D eigenvalue weighted by Crippen LogP contribution is 2.45. The number of aryl methyl sites for hydroxylation is 1. The Balaban J connectivity index is 1.90. The Morgan fingerprint density at radius 1 is 1.07 bits per heavy atom. The van der Waals surface area contributed by atoms with Crippen LogP contribution in [0.2, 0.25) is 0 Å². The molecule has 1 fully saturated rings. The fraction of sp³-hybridized carbons (Fsp3) is 0.273. The molecule has 0 bridgehead atoms. The van der Waals surface area contributed by atoms with Crippen molar-refractivity contribution in [2.45, 2.75) is 19.0 Å². The van der Waals surface area contributed by atoms with Crippen LogP contribution < -0.4 is 19.7 Å². The molecule has 0 saturated carbocycles. The second-order valence-electron chi connectivity index (χ2n) is 6.99. The Morgan fingerprint density at radius 2 is 1.90 bits per heavy atom. The van der Waals surface area contributed by atoms with Crippen LogP contribution in [0.1, 0.15) is 29.2 Å². The number of rotatable bonds is 5. The quantitative estimate of drug-likeness (QED) is 0.646. The Kier molecular flexibility index (Phi) is 5.15. The van der Waals surface area contributed by atoms with Crippen LogP contribution in [0.3, 0.4) is 0 Å². The number of thiocarbonyl (C=S) groups is 1. The maximum atomic E-state index is 5.80. The highest BCUT2D eigenvalue weighted by atomic mass is 32.1. The first-order valence-corrected chi connectivity index (χ1v) is 9.81. The van der Waals surface area contributed by atoms with Gasteiger partial charge in [0.1, 0.15) is 17.5 Å². The summed E-state index contributed by atoms with van der Waals surface area (Å²) in [4.78, 5) is 6.70. The molecule has 2 aromatic heterocycles. The lowest BCUT2D eigenvalue weighted by Gasteiger charge is -2.29. The first-order valence-electron chi connectivity index (χ1n) is 9.40. The van der Waals surface area contributed by atoms with Crippen LogP contribution >= 0.6 is 12.2 Å². The molecule has 0 unspecified atom stereocenters. The minimum absolute atomic E-state index is 0.0999. The van der Waals surface area contributed by atoms with Gasteiger partial charge in [0.2, 0.25) is 0 Å². The van der Waals surface area contributed by atoms with Gasteiger partial charge in [-0.15, -0.1) is 0 Å². The summed E-state index contributed by atoms with van der Waals surface area (Å²) in [5.74, 6) is 1.47. The van der Waals surface area contributed by atoms with E-state index in [1.165, 1.54) is 5.69 Å². The Hall–Kier alpha value is -3.06. The Labute approximate surface area is 176 Å². The summed E-state index contributed by atoms with van der Waals surface area (Å²) in [6.07, 6.45) is 1.81. The highest BCUT2D eigenvalue weighted by molar-refractivity contribution is 7.80. The van der Waals surface area contributed by atoms with Crippen LogP contribution in [0.5, 0.6) is 11.5 Å². The zero-order valence-electron chi connectivity index (χ0n) is 16.9. The third kappa shape index (κ3) is 3.31. The first-order chi connectivity index (χ1) is 14.0. The van der Waals surface area contributed by atoms with Gasteiger partial charge in [-0.25, -0.2) is 0 Å². The van der Waals surface area contributed by atoms with E-state index in [9.17, 15) is 0 Å². The van der Waals surface area contributed by atoms with Crippen molar-refractivity contribution in [2.75, 3.05) is 19.1 Å². The second-order valence-corrected chi connectivity index (χ2v) is 7.38. The number of hydrogen-bond acceptors (Lipinski definition) is 4. The molecule has 1 N–H and O–H groups in total. The third-order valence-electron chi connectivity index (χ3n) is 5.46. The van der Waals surface area contributed by atoms with E-state index in [1.807, 2.05) is 42.6 Å². The molecule has 1 aliphatic rings. The van der Waals surface area contributed by atoms with Crippen molar-refractivity contribution in [1.29, 1.82) is 0 Å². The van der Waals surface area contributed by atoms with Crippen LogP contribution in [-0.2, 0) is 7.05 Å². The van der Waals surface area contributed by atoms with E-state index < -0.39 is 0 Å². The molecule has 3 heterocycles.